The molecule has 7 heteroatoms. The zero-order chi connectivity index (χ0) is 12.4. The molecule has 0 unspecified atom stereocenters. The van der Waals surface area contributed by atoms with E-state index in [1.807, 2.05) is 0 Å². The molecule has 0 saturated carbocycles. The van der Waals surface area contributed by atoms with Crippen LogP contribution in [0.5, 0.6) is 0 Å². The van der Waals surface area contributed by atoms with Crippen LogP contribution in [0.25, 0.3) is 6.08 Å². The zero-order valence-electron chi connectivity index (χ0n) is 9.17. The van der Waals surface area contributed by atoms with Gasteiger partial charge in [-0.3, -0.25) is 14.9 Å². The first kappa shape index (κ1) is 11.7. The van der Waals surface area contributed by atoms with E-state index in [1.54, 1.807) is 12.2 Å². The third kappa shape index (κ3) is 2.68. The molecule has 6 nitrogen and oxygen atoms in total. The van der Waals surface area contributed by atoms with Gasteiger partial charge in [-0.15, -0.1) is 11.3 Å². The number of nitrogens with one attached hydrogen (secondary N) is 1. The number of amides is 1. The van der Waals surface area contributed by atoms with Gasteiger partial charge in [-0.2, -0.15) is 0 Å². The molecular weight excluding hydrogens is 242 g/mol. The molecule has 0 aliphatic heterocycles. The van der Waals surface area contributed by atoms with E-state index in [0.29, 0.717) is 13.0 Å². The Balaban J connectivity index is 2.11. The molecule has 2 rings (SSSR count). The Labute approximate surface area is 102 Å². The van der Waals surface area contributed by atoms with Crippen molar-refractivity contribution in [3.05, 3.63) is 31.8 Å². The quantitative estimate of drug-likeness (QED) is 0.643. The topological polar surface area (TPSA) is 85.1 Å². The second-order valence-electron chi connectivity index (χ2n) is 3.74. The van der Waals surface area contributed by atoms with Gasteiger partial charge in [0, 0.05) is 16.7 Å². The Hall–Kier alpha value is -1.76. The lowest BCUT2D eigenvalue weighted by Crippen LogP contribution is -2.21. The highest BCUT2D eigenvalue weighted by Gasteiger charge is 2.25. The van der Waals surface area contributed by atoms with E-state index in [4.69, 9.17) is 0 Å². The highest BCUT2D eigenvalue weighted by Crippen LogP contribution is 2.26. The zero-order valence-corrected chi connectivity index (χ0v) is 9.99. The molecule has 1 heterocycles. The summed E-state index contributed by atoms with van der Waals surface area (Å²) >= 11 is 1.42. The molecule has 0 aromatic carbocycles. The number of thiazole rings is 1. The van der Waals surface area contributed by atoms with Crippen molar-refractivity contribution >= 4 is 23.3 Å². The lowest BCUT2D eigenvalue weighted by Gasteiger charge is -2.07. The molecule has 0 bridgehead atoms. The van der Waals surface area contributed by atoms with Crippen LogP contribution < -0.4 is 5.32 Å². The maximum absolute atomic E-state index is 10.8. The first-order chi connectivity index (χ1) is 8.06. The van der Waals surface area contributed by atoms with Gasteiger partial charge in [-0.25, -0.2) is 4.98 Å². The fourth-order valence-electron chi connectivity index (χ4n) is 1.57. The van der Waals surface area contributed by atoms with E-state index in [9.17, 15) is 14.9 Å². The van der Waals surface area contributed by atoms with Crippen LogP contribution in [-0.4, -0.2) is 21.9 Å². The highest BCUT2D eigenvalue weighted by molar-refractivity contribution is 7.11. The number of rotatable bonds is 3. The van der Waals surface area contributed by atoms with Gasteiger partial charge in [0.15, 0.2) is 0 Å². The molecule has 0 radical (unpaired) electrons. The third-order valence-electron chi connectivity index (χ3n) is 2.40. The summed E-state index contributed by atoms with van der Waals surface area (Å²) < 4.78 is 0. The Morgan fingerprint density at radius 1 is 1.76 bits per heavy atom. The number of carbonyl (C=O) groups excluding carboxylic acids is 1. The fraction of sp³-hybridized carbons (Fsp3) is 0.400. The van der Waals surface area contributed by atoms with Crippen molar-refractivity contribution in [2.24, 2.45) is 0 Å². The molecule has 17 heavy (non-hydrogen) atoms. The summed E-state index contributed by atoms with van der Waals surface area (Å²) in [5.74, 6) is -0.114. The molecule has 1 aliphatic rings. The van der Waals surface area contributed by atoms with Crippen molar-refractivity contribution in [1.29, 1.82) is 0 Å². The summed E-state index contributed by atoms with van der Waals surface area (Å²) in [5.41, 5.74) is 0.786. The maximum Gasteiger partial charge on any atom is 0.236 e. The first-order valence-electron chi connectivity index (χ1n) is 5.11. The molecule has 1 N–H and O–H groups in total. The predicted octanol–water partition coefficient (Wildman–Crippen LogP) is 0.994. The number of hydrogen-bond donors (Lipinski definition) is 1. The molecule has 90 valence electrons. The number of carbonyl (C=O) groups is 1. The Morgan fingerprint density at radius 3 is 3.18 bits per heavy atom. The standard InChI is InChI=1S/C10H11N3O3S/c1-6(14)11-5-10-12-8-3-2-7(13(15)16)4-9(8)17-10/h2-3,7H,4-5H2,1H3,(H,11,14)/t7-/m0/s1. The Bertz CT molecular complexity index is 495. The van der Waals surface area contributed by atoms with Crippen LogP contribution >= 0.6 is 11.3 Å². The number of nitrogens with zero attached hydrogens (tertiary/aromatic N) is 2. The van der Waals surface area contributed by atoms with Gasteiger partial charge in [0.1, 0.15) is 5.01 Å². The number of aromatic nitrogens is 1. The van der Waals surface area contributed by atoms with Crippen molar-refractivity contribution in [2.45, 2.75) is 25.9 Å². The lowest BCUT2D eigenvalue weighted by atomic mass is 10.1. The monoisotopic (exact) mass is 253 g/mol. The van der Waals surface area contributed by atoms with E-state index in [2.05, 4.69) is 10.3 Å². The van der Waals surface area contributed by atoms with Crippen LogP contribution in [0.2, 0.25) is 0 Å². The van der Waals surface area contributed by atoms with Crippen LogP contribution in [0.3, 0.4) is 0 Å². The molecule has 1 aliphatic carbocycles. The molecule has 0 spiro atoms. The van der Waals surface area contributed by atoms with Crippen molar-refractivity contribution in [3.8, 4) is 0 Å². The van der Waals surface area contributed by atoms with E-state index in [0.717, 1.165) is 15.6 Å². The number of nitro groups is 1. The Kier molecular flexibility index (Phi) is 3.19. The molecule has 1 amide bonds. The van der Waals surface area contributed by atoms with Gasteiger partial charge >= 0.3 is 0 Å². The summed E-state index contributed by atoms with van der Waals surface area (Å²) in [6.45, 7) is 1.82. The lowest BCUT2D eigenvalue weighted by molar-refractivity contribution is -0.508. The van der Waals surface area contributed by atoms with Crippen molar-refractivity contribution in [3.63, 3.8) is 0 Å². The highest BCUT2D eigenvalue weighted by atomic mass is 32.1. The molecule has 1 aromatic rings. The molecular formula is C10H11N3O3S. The minimum absolute atomic E-state index is 0.114. The number of fused-ring (bicyclic) bond motifs is 1. The Morgan fingerprint density at radius 2 is 2.53 bits per heavy atom. The minimum atomic E-state index is -0.656. The average Bonchev–Trinajstić information content (AvgIpc) is 2.67. The minimum Gasteiger partial charge on any atom is -0.350 e. The second-order valence-corrected chi connectivity index (χ2v) is 4.91. The summed E-state index contributed by atoms with van der Waals surface area (Å²) in [4.78, 5) is 26.4. The second kappa shape index (κ2) is 4.62. The van der Waals surface area contributed by atoms with Crippen LogP contribution in [0, 0.1) is 10.1 Å². The normalized spacial score (nSPS) is 17.6. The van der Waals surface area contributed by atoms with Gasteiger partial charge in [0.2, 0.25) is 11.9 Å². The van der Waals surface area contributed by atoms with Crippen molar-refractivity contribution < 1.29 is 9.72 Å². The largest absolute Gasteiger partial charge is 0.350 e. The van der Waals surface area contributed by atoms with E-state index < -0.39 is 6.04 Å². The van der Waals surface area contributed by atoms with Gasteiger partial charge in [0.05, 0.1) is 18.7 Å². The molecule has 1 atom stereocenters. The van der Waals surface area contributed by atoms with Gasteiger partial charge in [0.25, 0.3) is 0 Å². The van der Waals surface area contributed by atoms with Crippen LogP contribution in [0.15, 0.2) is 6.08 Å². The van der Waals surface area contributed by atoms with Crippen LogP contribution in [-0.2, 0) is 17.8 Å². The molecule has 0 fully saturated rings. The predicted molar refractivity (Wildman–Crippen MR) is 63.2 cm³/mol. The summed E-state index contributed by atoms with van der Waals surface area (Å²) in [5, 5.41) is 14.1. The van der Waals surface area contributed by atoms with Gasteiger partial charge in [-0.1, -0.05) is 0 Å². The van der Waals surface area contributed by atoms with Crippen LogP contribution in [0.4, 0.5) is 0 Å². The third-order valence-corrected chi connectivity index (χ3v) is 3.50. The van der Waals surface area contributed by atoms with Gasteiger partial charge < -0.3 is 5.32 Å². The average molecular weight is 253 g/mol. The van der Waals surface area contributed by atoms with Crippen LogP contribution in [0.1, 0.15) is 22.5 Å². The fourth-order valence-corrected chi connectivity index (χ4v) is 2.62. The molecule has 1 aromatic heterocycles. The summed E-state index contributed by atoms with van der Waals surface area (Å²) in [6, 6.07) is -0.656. The smallest absolute Gasteiger partial charge is 0.236 e. The van der Waals surface area contributed by atoms with Crippen molar-refractivity contribution in [2.75, 3.05) is 0 Å². The van der Waals surface area contributed by atoms with E-state index >= 15 is 0 Å². The van der Waals surface area contributed by atoms with E-state index in [-0.39, 0.29) is 10.8 Å². The van der Waals surface area contributed by atoms with Gasteiger partial charge in [-0.05, 0) is 12.2 Å². The first-order valence-corrected chi connectivity index (χ1v) is 5.92. The molecule has 0 saturated heterocycles. The maximum atomic E-state index is 10.8. The SMILES string of the molecule is CC(=O)NCc1nc2c(s1)C[C@@H]([N+](=O)[O-])C=C2. The summed E-state index contributed by atoms with van der Waals surface area (Å²) in [6.07, 6.45) is 3.63. The summed E-state index contributed by atoms with van der Waals surface area (Å²) in [7, 11) is 0. The number of hydrogen-bond acceptors (Lipinski definition) is 5. The van der Waals surface area contributed by atoms with E-state index in [1.165, 1.54) is 18.3 Å². The van der Waals surface area contributed by atoms with Crippen molar-refractivity contribution in [1.82, 2.24) is 10.3 Å².